The number of carbonyl (C=O) groups is 16. The number of benzene rings is 2. The van der Waals surface area contributed by atoms with Crippen molar-refractivity contribution < 1.29 is 244 Å². The van der Waals surface area contributed by atoms with Crippen LogP contribution in [0.1, 0.15) is 194 Å². The molecule has 0 radical (unpaired) electrons. The minimum absolute atomic E-state index is 0. The second kappa shape index (κ2) is 67.4. The summed E-state index contributed by atoms with van der Waals surface area (Å²) in [5.41, 5.74) is 0. The van der Waals surface area contributed by atoms with E-state index in [1.54, 1.807) is 119 Å². The van der Waals surface area contributed by atoms with Gasteiger partial charge in [-0.15, -0.1) is 24.0 Å². The minimum Gasteiger partial charge on any atom is 1.00 e. The summed E-state index contributed by atoms with van der Waals surface area (Å²) >= 11 is 8.76. The molecule has 4 aliphatic rings. The molecule has 0 amide bonds. The van der Waals surface area contributed by atoms with Gasteiger partial charge in [-0.1, -0.05) is 231 Å². The summed E-state index contributed by atoms with van der Waals surface area (Å²) in [5.74, 6) is -28.4. The zero-order chi connectivity index (χ0) is 111. The van der Waals surface area contributed by atoms with Crippen LogP contribution in [0.2, 0.25) is 19.6 Å². The first-order chi connectivity index (χ1) is 67.8. The summed E-state index contributed by atoms with van der Waals surface area (Å²) in [7, 11) is -1.63. The molecule has 40 nitrogen and oxygen atoms in total. The molecule has 4 aliphatic heterocycles. The minimum atomic E-state index is -2.62. The van der Waals surface area contributed by atoms with E-state index in [-0.39, 0.29) is 77.5 Å². The van der Waals surface area contributed by atoms with E-state index in [1.807, 2.05) is 26.8 Å². The Morgan fingerprint density at radius 2 is 0.564 bits per heavy atom. The van der Waals surface area contributed by atoms with E-state index < -0.39 is 349 Å². The van der Waals surface area contributed by atoms with Crippen LogP contribution >= 0.6 is 90.1 Å². The van der Waals surface area contributed by atoms with Gasteiger partial charge in [-0.3, -0.25) is 67.1 Å². The van der Waals surface area contributed by atoms with Crippen molar-refractivity contribution in [3.63, 3.8) is 0 Å². The van der Waals surface area contributed by atoms with Crippen molar-refractivity contribution in [1.29, 1.82) is 0 Å². The molecule has 838 valence electrons. The summed E-state index contributed by atoms with van der Waals surface area (Å²) in [6.07, 6.45) is -28.0. The molecule has 6 unspecified atom stereocenters. The zero-order valence-electron chi connectivity index (χ0n) is 91.0. The van der Waals surface area contributed by atoms with Gasteiger partial charge < -0.3 is 138 Å². The smallest absolute Gasteiger partial charge is 1.00 e. The van der Waals surface area contributed by atoms with Crippen molar-refractivity contribution in [2.45, 2.75) is 323 Å². The van der Waals surface area contributed by atoms with Gasteiger partial charge in [-0.05, 0) is 59.0 Å². The maximum absolute atomic E-state index is 13.8. The van der Waals surface area contributed by atoms with Gasteiger partial charge in [0.05, 0.1) is 90.9 Å². The Labute approximate surface area is 979 Å². The van der Waals surface area contributed by atoms with Crippen LogP contribution in [0.25, 0.3) is 0 Å². The molecule has 18 atom stereocenters. The fourth-order valence-electron chi connectivity index (χ4n) is 12.7. The molecule has 0 aliphatic carbocycles. The Morgan fingerprint density at radius 3 is 0.812 bits per heavy atom. The summed E-state index contributed by atoms with van der Waals surface area (Å²) < 4.78 is 148. The number of hydrogen-bond donors (Lipinski definition) is 0. The second-order valence-electron chi connectivity index (χ2n) is 40.5. The summed E-state index contributed by atoms with van der Waals surface area (Å²) in [5, 5.41) is 1.71. The topological polar surface area (TPSA) is 495 Å². The first kappa shape index (κ1) is 142. The molecule has 149 heavy (non-hydrogen) atoms. The molecule has 4 saturated heterocycles. The number of halogens is 5. The number of esters is 16. The Balaban J connectivity index is 0.00000140. The molecule has 4 fully saturated rings. The largest absolute Gasteiger partial charge is 1.00 e. The van der Waals surface area contributed by atoms with E-state index >= 15 is 0 Å². The summed E-state index contributed by atoms with van der Waals surface area (Å²) in [4.78, 5) is 215. The first-order valence-corrected chi connectivity index (χ1v) is 60.2. The van der Waals surface area contributed by atoms with Gasteiger partial charge in [0.25, 0.3) is 0 Å². The van der Waals surface area contributed by atoms with Crippen LogP contribution in [-0.2, 0) is 186 Å². The van der Waals surface area contributed by atoms with Gasteiger partial charge in [-0.25, -0.2) is 9.59 Å². The Morgan fingerprint density at radius 1 is 0.342 bits per heavy atom. The average molecular weight is 2730 g/mol. The molecular formula is C99H149AlBI5NaO40SSi-. The van der Waals surface area contributed by atoms with Crippen molar-refractivity contribution in [3.05, 3.63) is 52.1 Å². The zero-order valence-corrected chi connectivity index (χ0v) is 107. The third-order valence-corrected chi connectivity index (χ3v) is 32.6. The van der Waals surface area contributed by atoms with Gasteiger partial charge in [0.2, 0.25) is 24.2 Å². The molecule has 0 spiro atoms. The van der Waals surface area contributed by atoms with E-state index in [1.165, 1.54) is 116 Å². The maximum atomic E-state index is 13.8. The Bertz CT molecular complexity index is 4790. The van der Waals surface area contributed by atoms with Crippen molar-refractivity contribution in [2.75, 3.05) is 52.9 Å². The van der Waals surface area contributed by atoms with Gasteiger partial charge in [0.1, 0.15) is 75.6 Å². The number of carbonyl (C=O) groups excluding carboxylic acids is 16. The molecule has 0 N–H and O–H groups in total. The summed E-state index contributed by atoms with van der Waals surface area (Å²) in [6.45, 7) is 43.9. The second-order valence-corrected chi connectivity index (χ2v) is 58.0. The van der Waals surface area contributed by atoms with E-state index in [4.69, 9.17) is 114 Å². The first-order valence-electron chi connectivity index (χ1n) is 48.6. The van der Waals surface area contributed by atoms with Crippen LogP contribution in [0.5, 0.6) is 11.5 Å². The van der Waals surface area contributed by atoms with Gasteiger partial charge in [0.15, 0.2) is 74.3 Å². The molecule has 2 aromatic carbocycles. The van der Waals surface area contributed by atoms with E-state index in [9.17, 15) is 76.7 Å². The van der Waals surface area contributed by atoms with Crippen LogP contribution in [0.4, 0.5) is 0 Å². The Hall–Kier alpha value is -4.87. The normalized spacial score (nSPS) is 23.6. The van der Waals surface area contributed by atoms with Crippen molar-refractivity contribution >= 4 is 223 Å². The maximum Gasteiger partial charge on any atom is 1.00 e. The monoisotopic (exact) mass is 2730 g/mol. The van der Waals surface area contributed by atoms with Crippen molar-refractivity contribution in [3.8, 4) is 11.5 Å². The van der Waals surface area contributed by atoms with Crippen LogP contribution in [-0.4, -0.2) is 285 Å². The van der Waals surface area contributed by atoms with Crippen molar-refractivity contribution in [2.24, 2.45) is 82.9 Å². The fraction of sp³-hybridized carbons (Fsp3) is 0.717. The molecule has 0 aromatic heterocycles. The Kier molecular flexibility index (Phi) is 64.3. The third kappa shape index (κ3) is 45.9. The van der Waals surface area contributed by atoms with Crippen LogP contribution < -0.4 is 68.2 Å². The van der Waals surface area contributed by atoms with Gasteiger partial charge >= 0.3 is 193 Å². The molecule has 4 heterocycles. The van der Waals surface area contributed by atoms with Gasteiger partial charge in [-0.2, -0.15) is 0 Å². The molecule has 2 aromatic rings. The number of hydrogen-bond acceptors (Lipinski definition) is 41. The van der Waals surface area contributed by atoms with Crippen LogP contribution in [0, 0.1) is 86.4 Å². The molecule has 6 rings (SSSR count). The number of rotatable bonds is 47. The fourth-order valence-corrected chi connectivity index (χ4v) is 14.3. The van der Waals surface area contributed by atoms with Gasteiger partial charge in [0, 0.05) is 3.57 Å². The van der Waals surface area contributed by atoms with E-state index in [0.717, 1.165) is 3.57 Å². The summed E-state index contributed by atoms with van der Waals surface area (Å²) in [6, 6.07) is 14.2. The van der Waals surface area contributed by atoms with Crippen LogP contribution in [0.3, 0.4) is 0 Å². The molecule has 0 bridgehead atoms. The van der Waals surface area contributed by atoms with E-state index in [0.29, 0.717) is 16.9 Å². The van der Waals surface area contributed by atoms with E-state index in [2.05, 4.69) is 89.8 Å². The quantitative estimate of drug-likeness (QED) is 0.0245. The number of ether oxygens (including phenoxy) is 24. The van der Waals surface area contributed by atoms with Crippen molar-refractivity contribution in [1.82, 2.24) is 0 Å². The van der Waals surface area contributed by atoms with Crippen LogP contribution in [0.15, 0.2) is 48.5 Å². The SMILES string of the molecule is CC(C)C(=O)OCC1O[C@H](O[C@]2(COC(=O)C(C)C)O[C@H](COC(=O)COc3ccc([125I])cc3)C(OC(=O)C(C)C)[C@H]2OC(=O)C(C)C)C(OC(=O)C(C)C)[C@@H](OC(=O)C(C)C)[C@@H]1OC(=O)C(C)C.CC(C)C(=O)OCC1O[C@H](O[C@]2(COC(=O)C(C)C)O[C@H](COC(=O)COc3ccc([Si](C)(C)C)cc3)C(OC(=O)C(C)C)[C@H]2OC(=O)C(C)C)C(OC(=O)C(C)C)[C@@H](OC(=O)C(C)C)[C@@H]1OC(=O)C(C)C.I.[125I-].[AlH]=[S-]([125I])=BI.[Na+]. The average Bonchev–Trinajstić information content (AvgIpc) is 1.60. The molecule has 50 heteroatoms. The standard InChI is InChI=1S/C51H78O20Si.C48H69IO20.Al.BI2S.2HI.Na.H/c1-26(2)43(53)62-22-35-38(65-45(55)28(5)6)40(67-47(57)30(9)10)41(68-48(58)31(11)12)50(64-35)71-51(25-63-44(54)27(3)4)42(69-49(59)32(13)14)39(66-46(56)29(7)8)36(70-51)23-61-37(52)24-60-33-18-20-34(21-19-33)72(15,16)17;1-23(2)40(51)60-19-32-35(63-42(53)25(5)6)37(65-44(55)27(9)10)38(66-45(56)28(11)12)47(62-32)69-48(22-61-41(52)24(3)4)39(67-46(57)29(13)14)36(64-43(54)26(7)8)33(68-48)20-59-34(50)21-58-31-17-15-30(49)16-18-31;;2-1-4-3;;;;/h18-21,26-32,35-36,38-42,50H,22-25H2,1-17H3;15-18,23-29,32-33,35-39,47H,19-22H2,1-14H3;;;2*1H;;/q;;-2;+1;;;+1;/p-1/t35?,36-,38-,39?,40+,41?,42-,50-,51+;32?,33-,35-,36?,37+,38?,39-,47-,48+;;;;;;/m11....../s1/i;49-2;;3-2;1-2;;;. The predicted molar refractivity (Wildman–Crippen MR) is 570 cm³/mol. The third-order valence-electron chi connectivity index (χ3n) is 21.6. The predicted octanol–water partition coefficient (Wildman–Crippen LogP) is 5.88. The molecular weight excluding hydrogens is 2580 g/mol. The molecule has 0 saturated carbocycles.